The lowest BCUT2D eigenvalue weighted by Gasteiger charge is -2.24. The molecule has 0 radical (unpaired) electrons. The number of hydrogen-bond donors (Lipinski definition) is 2. The van der Waals surface area contributed by atoms with Gasteiger partial charge in [0.2, 0.25) is 5.90 Å². The molecule has 0 saturated heterocycles. The van der Waals surface area contributed by atoms with Gasteiger partial charge in [-0.2, -0.15) is 0 Å². The highest BCUT2D eigenvalue weighted by atomic mass is 79.9. The predicted octanol–water partition coefficient (Wildman–Crippen LogP) is 4.42. The van der Waals surface area contributed by atoms with Gasteiger partial charge in [-0.25, -0.2) is 9.38 Å². The lowest BCUT2D eigenvalue weighted by Crippen LogP contribution is -2.48. The Morgan fingerprint density at radius 1 is 1.11 bits per heavy atom. The first-order valence-corrected chi connectivity index (χ1v) is 12.1. The van der Waals surface area contributed by atoms with Crippen LogP contribution in [0.1, 0.15) is 23.1 Å². The number of nitrogens with zero attached hydrogens (tertiary/aromatic N) is 1. The van der Waals surface area contributed by atoms with Crippen molar-refractivity contribution in [3.05, 3.63) is 99.8 Å². The van der Waals surface area contributed by atoms with Crippen LogP contribution in [0.3, 0.4) is 0 Å². The number of ether oxygens (including phenoxy) is 2. The number of carbonyl (C=O) groups excluding carboxylic acids is 1. The topological polar surface area (TPSA) is 80.2 Å². The van der Waals surface area contributed by atoms with Gasteiger partial charge < -0.3 is 19.9 Å². The van der Waals surface area contributed by atoms with Crippen LogP contribution in [0.4, 0.5) is 4.39 Å². The van der Waals surface area contributed by atoms with Crippen LogP contribution in [0.5, 0.6) is 5.75 Å². The second-order valence-corrected chi connectivity index (χ2v) is 9.12. The summed E-state index contributed by atoms with van der Waals surface area (Å²) in [5, 5.41) is 11.8. The van der Waals surface area contributed by atoms with Crippen molar-refractivity contribution in [1.82, 2.24) is 5.32 Å². The fourth-order valence-electron chi connectivity index (χ4n) is 3.74. The maximum Gasteiger partial charge on any atom is 0.252 e. The van der Waals surface area contributed by atoms with Gasteiger partial charge in [-0.15, -0.1) is 0 Å². The molecule has 6 nitrogen and oxygen atoms in total. The van der Waals surface area contributed by atoms with Gasteiger partial charge in [-0.1, -0.05) is 46.3 Å². The zero-order chi connectivity index (χ0) is 24.7. The van der Waals surface area contributed by atoms with Crippen LogP contribution in [-0.2, 0) is 22.5 Å². The second-order valence-electron chi connectivity index (χ2n) is 8.26. The third-order valence-corrected chi connectivity index (χ3v) is 6.44. The highest BCUT2D eigenvalue weighted by molar-refractivity contribution is 9.10. The number of benzene rings is 3. The van der Waals surface area contributed by atoms with Gasteiger partial charge in [-0.3, -0.25) is 4.79 Å². The molecule has 2 N–H and O–H groups in total. The zero-order valence-corrected chi connectivity index (χ0v) is 20.6. The van der Waals surface area contributed by atoms with Gasteiger partial charge in [0, 0.05) is 36.0 Å². The fraction of sp³-hybridized carbons (Fsp3) is 0.259. The van der Waals surface area contributed by atoms with Crippen LogP contribution in [0, 0.1) is 5.82 Å². The number of aliphatic hydroxyl groups excluding tert-OH is 1. The minimum Gasteiger partial charge on any atom is -0.494 e. The molecular formula is C27H26BrFN2O4. The summed E-state index contributed by atoms with van der Waals surface area (Å²) in [6, 6.07) is 21.0. The summed E-state index contributed by atoms with van der Waals surface area (Å²) in [6.07, 6.45) is 0.900. The summed E-state index contributed by atoms with van der Waals surface area (Å²) < 4.78 is 25.7. The number of halogens is 2. The highest BCUT2D eigenvalue weighted by Crippen LogP contribution is 2.30. The number of rotatable bonds is 10. The van der Waals surface area contributed by atoms with Gasteiger partial charge in [0.05, 0.1) is 6.61 Å². The zero-order valence-electron chi connectivity index (χ0n) is 19.0. The van der Waals surface area contributed by atoms with Gasteiger partial charge in [0.15, 0.2) is 5.54 Å². The maximum absolute atomic E-state index is 13.5. The molecule has 1 heterocycles. The molecule has 0 aliphatic carbocycles. The van der Waals surface area contributed by atoms with E-state index in [0.29, 0.717) is 31.1 Å². The third-order valence-electron chi connectivity index (χ3n) is 5.67. The molecule has 0 aromatic heterocycles. The van der Waals surface area contributed by atoms with Crippen molar-refractivity contribution in [3.8, 4) is 5.75 Å². The molecule has 35 heavy (non-hydrogen) atoms. The minimum atomic E-state index is -1.16. The van der Waals surface area contributed by atoms with Crippen LogP contribution >= 0.6 is 15.9 Å². The Kier molecular flexibility index (Phi) is 8.15. The first-order chi connectivity index (χ1) is 17.0. The van der Waals surface area contributed by atoms with E-state index in [0.717, 1.165) is 21.2 Å². The number of aliphatic hydroxyl groups is 1. The van der Waals surface area contributed by atoms with Crippen molar-refractivity contribution in [2.75, 3.05) is 19.8 Å². The molecule has 1 amide bonds. The van der Waals surface area contributed by atoms with Gasteiger partial charge >= 0.3 is 0 Å². The normalized spacial score (nSPS) is 16.9. The number of aliphatic imine (C=N–C) groups is 1. The Labute approximate surface area is 211 Å². The first-order valence-electron chi connectivity index (χ1n) is 11.3. The molecule has 1 aliphatic rings. The summed E-state index contributed by atoms with van der Waals surface area (Å²) in [4.78, 5) is 18.3. The summed E-state index contributed by atoms with van der Waals surface area (Å²) in [7, 11) is 0. The molecule has 0 unspecified atom stereocenters. The van der Waals surface area contributed by atoms with E-state index in [1.807, 2.05) is 36.4 Å². The highest BCUT2D eigenvalue weighted by Gasteiger charge is 2.44. The Balaban J connectivity index is 1.56. The molecule has 8 heteroatoms. The number of hydrogen-bond acceptors (Lipinski definition) is 5. The molecule has 1 atom stereocenters. The maximum atomic E-state index is 13.5. The summed E-state index contributed by atoms with van der Waals surface area (Å²) in [5.74, 6) is 0.471. The SMILES string of the molecule is O=C(NCc1ccc(F)cc1)[C@@]1(Cc2ccccc2Br)COC(c2ccc(OCCCO)cc2)=N1. The lowest BCUT2D eigenvalue weighted by atomic mass is 9.91. The van der Waals surface area contributed by atoms with Crippen molar-refractivity contribution in [2.45, 2.75) is 24.9 Å². The molecular weight excluding hydrogens is 515 g/mol. The summed E-state index contributed by atoms with van der Waals surface area (Å²) in [5.41, 5.74) is 1.30. The average molecular weight is 541 g/mol. The molecule has 3 aromatic carbocycles. The molecule has 0 saturated carbocycles. The van der Waals surface area contributed by atoms with E-state index in [9.17, 15) is 9.18 Å². The second kappa shape index (κ2) is 11.5. The Hall–Kier alpha value is -3.23. The van der Waals surface area contributed by atoms with Crippen molar-refractivity contribution in [1.29, 1.82) is 0 Å². The number of carbonyl (C=O) groups is 1. The molecule has 1 aliphatic heterocycles. The number of amides is 1. The molecule has 0 bridgehead atoms. The van der Waals surface area contributed by atoms with E-state index in [2.05, 4.69) is 21.2 Å². The Morgan fingerprint density at radius 3 is 2.57 bits per heavy atom. The van der Waals surface area contributed by atoms with Crippen molar-refractivity contribution in [2.24, 2.45) is 4.99 Å². The number of nitrogens with one attached hydrogen (secondary N) is 1. The lowest BCUT2D eigenvalue weighted by molar-refractivity contribution is -0.126. The summed E-state index contributed by atoms with van der Waals surface area (Å²) >= 11 is 3.57. The standard InChI is InChI=1S/C27H26BrFN2O4/c28-24-5-2-1-4-21(24)16-27(26(33)30-17-19-6-10-22(29)11-7-19)18-35-25(31-27)20-8-12-23(13-9-20)34-15-3-14-32/h1-2,4-13,32H,3,14-18H2,(H,30,33)/t27-/m1/s1. The molecule has 4 rings (SSSR count). The Bertz CT molecular complexity index is 1180. The van der Waals surface area contributed by atoms with Crippen LogP contribution in [-0.4, -0.2) is 42.3 Å². The molecule has 0 spiro atoms. The van der Waals surface area contributed by atoms with E-state index in [-0.39, 0.29) is 31.5 Å². The fourth-order valence-corrected chi connectivity index (χ4v) is 4.16. The predicted molar refractivity (Wildman–Crippen MR) is 135 cm³/mol. The Morgan fingerprint density at radius 2 is 1.86 bits per heavy atom. The van der Waals surface area contributed by atoms with Crippen molar-refractivity contribution in [3.63, 3.8) is 0 Å². The first kappa shape index (κ1) is 24.9. The smallest absolute Gasteiger partial charge is 0.252 e. The third kappa shape index (κ3) is 6.26. The van der Waals surface area contributed by atoms with Gasteiger partial charge in [0.25, 0.3) is 5.91 Å². The summed E-state index contributed by atoms with van der Waals surface area (Å²) in [6.45, 7) is 0.845. The monoisotopic (exact) mass is 540 g/mol. The van der Waals surface area contributed by atoms with Crippen LogP contribution in [0.15, 0.2) is 82.3 Å². The van der Waals surface area contributed by atoms with E-state index < -0.39 is 5.54 Å². The molecule has 182 valence electrons. The van der Waals surface area contributed by atoms with E-state index in [4.69, 9.17) is 19.6 Å². The molecule has 3 aromatic rings. The van der Waals surface area contributed by atoms with Gasteiger partial charge in [-0.05, 0) is 53.6 Å². The average Bonchev–Trinajstić information content (AvgIpc) is 3.31. The quantitative estimate of drug-likeness (QED) is 0.373. The van der Waals surface area contributed by atoms with Crippen molar-refractivity contribution < 1.29 is 23.8 Å². The van der Waals surface area contributed by atoms with Crippen LogP contribution < -0.4 is 10.1 Å². The van der Waals surface area contributed by atoms with Gasteiger partial charge in [0.1, 0.15) is 18.2 Å². The van der Waals surface area contributed by atoms with Crippen LogP contribution in [0.2, 0.25) is 0 Å². The van der Waals surface area contributed by atoms with E-state index in [1.54, 1.807) is 24.3 Å². The van der Waals surface area contributed by atoms with Crippen molar-refractivity contribution >= 4 is 27.7 Å². The minimum absolute atomic E-state index is 0.0750. The van der Waals surface area contributed by atoms with Crippen LogP contribution in [0.25, 0.3) is 0 Å². The van der Waals surface area contributed by atoms with E-state index in [1.165, 1.54) is 12.1 Å². The largest absolute Gasteiger partial charge is 0.494 e. The van der Waals surface area contributed by atoms with E-state index >= 15 is 0 Å². The molecule has 0 fully saturated rings.